The fraction of sp³-hybridized carbons (Fsp3) is 0.409. The van der Waals surface area contributed by atoms with Gasteiger partial charge in [0.1, 0.15) is 5.75 Å². The maximum absolute atomic E-state index is 6.17. The Morgan fingerprint density at radius 3 is 2.43 bits per heavy atom. The van der Waals surface area contributed by atoms with Crippen LogP contribution < -0.4 is 25.3 Å². The first-order chi connectivity index (χ1) is 14.1. The number of aliphatic imine (C=N–C) groups is 1. The van der Waals surface area contributed by atoms with E-state index in [0.29, 0.717) is 24.0 Å². The number of hydrogen-bond acceptors (Lipinski definition) is 5. The number of nitrogens with zero attached hydrogens (tertiary/aromatic N) is 2. The van der Waals surface area contributed by atoms with Crippen LogP contribution in [0.4, 0.5) is 5.69 Å². The molecule has 0 aromatic heterocycles. The molecular formula is C22H31IN4O3. The molecule has 164 valence electrons. The first-order valence-corrected chi connectivity index (χ1v) is 9.81. The predicted octanol–water partition coefficient (Wildman–Crippen LogP) is 3.89. The minimum absolute atomic E-state index is 0. The van der Waals surface area contributed by atoms with Gasteiger partial charge in [0.2, 0.25) is 0 Å². The van der Waals surface area contributed by atoms with Crippen LogP contribution in [0.5, 0.6) is 17.2 Å². The number of hydrogen-bond donors (Lipinski definition) is 2. The minimum atomic E-state index is 0. The van der Waals surface area contributed by atoms with E-state index in [2.05, 4.69) is 27.3 Å². The number of anilines is 1. The summed E-state index contributed by atoms with van der Waals surface area (Å²) in [5.74, 6) is 2.52. The van der Waals surface area contributed by atoms with Crippen molar-refractivity contribution in [2.24, 2.45) is 10.7 Å². The van der Waals surface area contributed by atoms with E-state index in [1.165, 1.54) is 18.4 Å². The van der Waals surface area contributed by atoms with Crippen molar-refractivity contribution in [3.63, 3.8) is 0 Å². The van der Waals surface area contributed by atoms with Crippen molar-refractivity contribution in [3.05, 3.63) is 48.0 Å². The Balaban J connectivity index is 0.00000320. The van der Waals surface area contributed by atoms with Crippen LogP contribution in [-0.4, -0.2) is 51.8 Å². The van der Waals surface area contributed by atoms with E-state index in [-0.39, 0.29) is 30.0 Å². The average Bonchev–Trinajstić information content (AvgIpc) is 3.28. The standard InChI is InChI=1S/C22H30N4O3.HI/c1-27-18-8-6-7-16(13-18)19(26-11-4-5-12-26)15-24-22(23)25-17-9-10-20(28-2)21(14-17)29-3;/h6-10,13-14,19H,4-5,11-12,15H2,1-3H3,(H3,23,24,25);1H. The Morgan fingerprint density at radius 2 is 1.77 bits per heavy atom. The highest BCUT2D eigenvalue weighted by molar-refractivity contribution is 14.0. The van der Waals surface area contributed by atoms with E-state index in [9.17, 15) is 0 Å². The normalized spacial score (nSPS) is 15.2. The minimum Gasteiger partial charge on any atom is -0.497 e. The Morgan fingerprint density at radius 1 is 1.03 bits per heavy atom. The molecule has 1 saturated heterocycles. The SMILES string of the molecule is COc1cccc(C(CN=C(N)Nc2ccc(OC)c(OC)c2)N2CCCC2)c1.I. The molecule has 0 saturated carbocycles. The van der Waals surface area contributed by atoms with E-state index in [4.69, 9.17) is 19.9 Å². The summed E-state index contributed by atoms with van der Waals surface area (Å²) in [6.07, 6.45) is 2.42. The molecule has 2 aromatic carbocycles. The quantitative estimate of drug-likeness (QED) is 0.309. The molecule has 1 atom stereocenters. The molecular weight excluding hydrogens is 495 g/mol. The number of likely N-dealkylation sites (tertiary alicyclic amines) is 1. The van der Waals surface area contributed by atoms with Gasteiger partial charge >= 0.3 is 0 Å². The van der Waals surface area contributed by atoms with Crippen molar-refractivity contribution >= 4 is 35.6 Å². The van der Waals surface area contributed by atoms with Crippen molar-refractivity contribution in [1.29, 1.82) is 0 Å². The Bertz CT molecular complexity index is 841. The van der Waals surface area contributed by atoms with Crippen LogP contribution in [0.1, 0.15) is 24.4 Å². The lowest BCUT2D eigenvalue weighted by Crippen LogP contribution is -2.30. The van der Waals surface area contributed by atoms with E-state index in [1.54, 1.807) is 21.3 Å². The largest absolute Gasteiger partial charge is 0.497 e. The number of rotatable bonds is 8. The number of methoxy groups -OCH3 is 3. The maximum atomic E-state index is 6.17. The second kappa shape index (κ2) is 11.8. The molecule has 3 N–H and O–H groups in total. The summed E-state index contributed by atoms with van der Waals surface area (Å²) in [6.45, 7) is 2.71. The third kappa shape index (κ3) is 6.15. The number of benzene rings is 2. The van der Waals surface area contributed by atoms with Crippen molar-refractivity contribution in [2.45, 2.75) is 18.9 Å². The Labute approximate surface area is 195 Å². The van der Waals surface area contributed by atoms with E-state index in [1.807, 2.05) is 30.3 Å². The van der Waals surface area contributed by atoms with Crippen LogP contribution in [0, 0.1) is 0 Å². The lowest BCUT2D eigenvalue weighted by molar-refractivity contribution is 0.251. The van der Waals surface area contributed by atoms with Gasteiger partial charge in [-0.1, -0.05) is 12.1 Å². The zero-order valence-electron chi connectivity index (χ0n) is 17.8. The Kier molecular flexibility index (Phi) is 9.51. The van der Waals surface area contributed by atoms with Crippen molar-refractivity contribution in [1.82, 2.24) is 4.90 Å². The number of nitrogens with two attached hydrogens (primary N) is 1. The zero-order chi connectivity index (χ0) is 20.6. The van der Waals surface area contributed by atoms with Crippen LogP contribution in [0.25, 0.3) is 0 Å². The third-order valence-corrected chi connectivity index (χ3v) is 5.15. The molecule has 1 aliphatic rings. The summed E-state index contributed by atoms with van der Waals surface area (Å²) < 4.78 is 16.0. The van der Waals surface area contributed by atoms with Gasteiger partial charge in [-0.25, -0.2) is 0 Å². The number of guanidine groups is 1. The summed E-state index contributed by atoms with van der Waals surface area (Å²) in [7, 11) is 4.90. The van der Waals surface area contributed by atoms with Crippen molar-refractivity contribution in [3.8, 4) is 17.2 Å². The number of nitrogens with one attached hydrogen (secondary N) is 1. The summed E-state index contributed by atoms with van der Waals surface area (Å²) >= 11 is 0. The lowest BCUT2D eigenvalue weighted by Gasteiger charge is -2.27. The van der Waals surface area contributed by atoms with E-state index < -0.39 is 0 Å². The summed E-state index contributed by atoms with van der Waals surface area (Å²) in [5, 5.41) is 3.14. The van der Waals surface area contributed by atoms with Crippen molar-refractivity contribution in [2.75, 3.05) is 46.3 Å². The third-order valence-electron chi connectivity index (χ3n) is 5.15. The molecule has 3 rings (SSSR count). The smallest absolute Gasteiger partial charge is 0.193 e. The molecule has 1 fully saturated rings. The van der Waals surface area contributed by atoms with Crippen LogP contribution in [0.15, 0.2) is 47.5 Å². The highest BCUT2D eigenvalue weighted by atomic mass is 127. The predicted molar refractivity (Wildman–Crippen MR) is 132 cm³/mol. The van der Waals surface area contributed by atoms with Gasteiger partial charge in [-0.15, -0.1) is 24.0 Å². The molecule has 0 aliphatic carbocycles. The van der Waals surface area contributed by atoms with Crippen LogP contribution in [-0.2, 0) is 0 Å². The van der Waals surface area contributed by atoms with Gasteiger partial charge in [0, 0.05) is 11.8 Å². The van der Waals surface area contributed by atoms with Gasteiger partial charge < -0.3 is 25.3 Å². The second-order valence-corrected chi connectivity index (χ2v) is 6.96. The number of ether oxygens (including phenoxy) is 3. The zero-order valence-corrected chi connectivity index (χ0v) is 20.1. The van der Waals surface area contributed by atoms with Gasteiger partial charge in [-0.05, 0) is 55.8 Å². The van der Waals surface area contributed by atoms with Gasteiger partial charge in [-0.2, -0.15) is 0 Å². The highest BCUT2D eigenvalue weighted by Gasteiger charge is 2.23. The second-order valence-electron chi connectivity index (χ2n) is 6.96. The molecule has 0 amide bonds. The summed E-state index contributed by atoms with van der Waals surface area (Å²) in [6, 6.07) is 13.9. The highest BCUT2D eigenvalue weighted by Crippen LogP contribution is 2.30. The van der Waals surface area contributed by atoms with Gasteiger partial charge in [0.25, 0.3) is 0 Å². The van der Waals surface area contributed by atoms with Crippen molar-refractivity contribution < 1.29 is 14.2 Å². The van der Waals surface area contributed by atoms with Gasteiger partial charge in [-0.3, -0.25) is 9.89 Å². The first-order valence-electron chi connectivity index (χ1n) is 9.81. The molecule has 8 heteroatoms. The molecule has 2 aromatic rings. The average molecular weight is 526 g/mol. The summed E-state index contributed by atoms with van der Waals surface area (Å²) in [5.41, 5.74) is 8.16. The lowest BCUT2D eigenvalue weighted by atomic mass is 10.1. The fourth-order valence-electron chi connectivity index (χ4n) is 3.62. The Hall–Kier alpha value is -2.20. The van der Waals surface area contributed by atoms with Crippen LogP contribution in [0.3, 0.4) is 0 Å². The van der Waals surface area contributed by atoms with Gasteiger partial charge in [0.05, 0.1) is 33.9 Å². The molecule has 1 aliphatic heterocycles. The first kappa shape index (κ1) is 24.1. The topological polar surface area (TPSA) is 81.3 Å². The summed E-state index contributed by atoms with van der Waals surface area (Å²) in [4.78, 5) is 7.08. The molecule has 7 nitrogen and oxygen atoms in total. The molecule has 0 bridgehead atoms. The van der Waals surface area contributed by atoms with Crippen LogP contribution >= 0.6 is 24.0 Å². The molecule has 0 spiro atoms. The molecule has 1 heterocycles. The fourth-order valence-corrected chi connectivity index (χ4v) is 3.62. The van der Waals surface area contributed by atoms with E-state index >= 15 is 0 Å². The monoisotopic (exact) mass is 526 g/mol. The van der Waals surface area contributed by atoms with E-state index in [0.717, 1.165) is 24.5 Å². The molecule has 30 heavy (non-hydrogen) atoms. The number of halogens is 1. The van der Waals surface area contributed by atoms with Crippen LogP contribution in [0.2, 0.25) is 0 Å². The maximum Gasteiger partial charge on any atom is 0.193 e. The van der Waals surface area contributed by atoms with Gasteiger partial charge in [0.15, 0.2) is 17.5 Å². The molecule has 1 unspecified atom stereocenters. The molecule has 0 radical (unpaired) electrons.